The van der Waals surface area contributed by atoms with Crippen molar-refractivity contribution in [1.82, 2.24) is 9.80 Å². The number of benzene rings is 1. The summed E-state index contributed by atoms with van der Waals surface area (Å²) >= 11 is 1.56. The Morgan fingerprint density at radius 1 is 0.870 bits per heavy atom. The molecule has 0 atom stereocenters. The molecule has 4 amide bonds. The lowest BCUT2D eigenvalue weighted by atomic mass is 10.1. The standard InChI is InChI=1S/C16H15N3O3S/c1-17-11-6-4-5-7-12(11)23-13(17)9-8-10-14(20)18(2)16(22)19(3)15(10)21/h4-9H,1-3H3/b13-9+. The molecule has 0 spiro atoms. The van der Waals surface area contributed by atoms with Gasteiger partial charge in [-0.05, 0) is 24.3 Å². The number of rotatable bonds is 1. The molecule has 2 heterocycles. The minimum absolute atomic E-state index is 0.0212. The second-order valence-corrected chi connectivity index (χ2v) is 6.29. The lowest BCUT2D eigenvalue weighted by molar-refractivity contribution is -0.134. The van der Waals surface area contributed by atoms with Crippen LogP contribution in [0.15, 0.2) is 51.9 Å². The van der Waals surface area contributed by atoms with E-state index in [2.05, 4.69) is 0 Å². The second-order valence-electron chi connectivity index (χ2n) is 5.22. The molecule has 3 rings (SSSR count). The van der Waals surface area contributed by atoms with Gasteiger partial charge in [0.1, 0.15) is 5.57 Å². The van der Waals surface area contributed by atoms with E-state index in [0.29, 0.717) is 0 Å². The Kier molecular flexibility index (Phi) is 3.73. The highest BCUT2D eigenvalue weighted by Crippen LogP contribution is 2.44. The van der Waals surface area contributed by atoms with Crippen molar-refractivity contribution in [3.63, 3.8) is 0 Å². The van der Waals surface area contributed by atoms with Gasteiger partial charge in [0.05, 0.1) is 10.7 Å². The summed E-state index contributed by atoms with van der Waals surface area (Å²) in [5.41, 5.74) is 1.06. The summed E-state index contributed by atoms with van der Waals surface area (Å²) in [6.45, 7) is 0. The number of imide groups is 2. The minimum Gasteiger partial charge on any atom is -0.338 e. The summed E-state index contributed by atoms with van der Waals surface area (Å²) < 4.78 is 0. The van der Waals surface area contributed by atoms with E-state index in [1.165, 1.54) is 20.2 Å². The number of anilines is 1. The quantitative estimate of drug-likeness (QED) is 0.583. The van der Waals surface area contributed by atoms with E-state index in [4.69, 9.17) is 0 Å². The van der Waals surface area contributed by atoms with Gasteiger partial charge in [0, 0.05) is 26.0 Å². The van der Waals surface area contributed by atoms with Crippen molar-refractivity contribution < 1.29 is 14.4 Å². The number of hydrogen-bond donors (Lipinski definition) is 0. The van der Waals surface area contributed by atoms with Crippen LogP contribution >= 0.6 is 11.8 Å². The molecule has 2 aliphatic rings. The van der Waals surface area contributed by atoms with Crippen LogP contribution in [-0.4, -0.2) is 48.8 Å². The Morgan fingerprint density at radius 3 is 2.09 bits per heavy atom. The molecule has 1 aromatic rings. The zero-order valence-electron chi connectivity index (χ0n) is 12.9. The largest absolute Gasteiger partial charge is 0.338 e. The van der Waals surface area contributed by atoms with Gasteiger partial charge in [-0.2, -0.15) is 0 Å². The summed E-state index contributed by atoms with van der Waals surface area (Å²) in [7, 11) is 4.65. The molecule has 0 unspecified atom stereocenters. The van der Waals surface area contributed by atoms with Crippen LogP contribution in [0.4, 0.5) is 10.5 Å². The molecular weight excluding hydrogens is 314 g/mol. The summed E-state index contributed by atoms with van der Waals surface area (Å²) in [5.74, 6) is -1.17. The minimum atomic E-state index is -0.621. The van der Waals surface area contributed by atoms with Crippen LogP contribution in [0.5, 0.6) is 0 Å². The van der Waals surface area contributed by atoms with Crippen molar-refractivity contribution in [2.75, 3.05) is 26.0 Å². The molecule has 1 saturated heterocycles. The lowest BCUT2D eigenvalue weighted by Gasteiger charge is -2.28. The molecule has 6 nitrogen and oxygen atoms in total. The number of thioether (sulfide) groups is 1. The monoisotopic (exact) mass is 329 g/mol. The summed E-state index contributed by atoms with van der Waals surface area (Å²) in [6, 6.07) is 7.32. The first kappa shape index (κ1) is 15.4. The van der Waals surface area contributed by atoms with Crippen molar-refractivity contribution in [1.29, 1.82) is 0 Å². The maximum Gasteiger partial charge on any atom is 0.333 e. The molecule has 23 heavy (non-hydrogen) atoms. The third kappa shape index (κ3) is 2.43. The van der Waals surface area contributed by atoms with Gasteiger partial charge in [-0.1, -0.05) is 23.9 Å². The number of carbonyl (C=O) groups excluding carboxylic acids is 3. The first-order valence-electron chi connectivity index (χ1n) is 6.94. The number of para-hydroxylation sites is 1. The number of barbiturate groups is 1. The molecule has 1 fully saturated rings. The number of likely N-dealkylation sites (N-methyl/N-ethyl adjacent to an activating group) is 2. The molecule has 0 aliphatic carbocycles. The Labute approximate surface area is 138 Å². The number of nitrogens with zero attached hydrogens (tertiary/aromatic N) is 3. The number of urea groups is 1. The molecule has 7 heteroatoms. The number of fused-ring (bicyclic) bond motifs is 1. The van der Waals surface area contributed by atoms with Crippen LogP contribution in [0, 0.1) is 0 Å². The van der Waals surface area contributed by atoms with E-state index in [0.717, 1.165) is 25.4 Å². The molecule has 0 aromatic heterocycles. The Balaban J connectivity index is 1.92. The van der Waals surface area contributed by atoms with Crippen molar-refractivity contribution >= 4 is 35.3 Å². The van der Waals surface area contributed by atoms with Crippen LogP contribution in [0.1, 0.15) is 0 Å². The highest BCUT2D eigenvalue weighted by molar-refractivity contribution is 8.03. The van der Waals surface area contributed by atoms with Crippen LogP contribution in [-0.2, 0) is 9.59 Å². The third-order valence-electron chi connectivity index (χ3n) is 3.81. The first-order chi connectivity index (χ1) is 10.9. The molecule has 2 aliphatic heterocycles. The van der Waals surface area contributed by atoms with E-state index >= 15 is 0 Å². The van der Waals surface area contributed by atoms with Crippen molar-refractivity contribution in [2.24, 2.45) is 0 Å². The normalized spacial score (nSPS) is 19.8. The highest BCUT2D eigenvalue weighted by atomic mass is 32.2. The van der Waals surface area contributed by atoms with Crippen molar-refractivity contribution in [2.45, 2.75) is 4.90 Å². The fraction of sp³-hybridized carbons (Fsp3) is 0.188. The van der Waals surface area contributed by atoms with Crippen LogP contribution < -0.4 is 4.90 Å². The fourth-order valence-corrected chi connectivity index (χ4v) is 3.47. The van der Waals surface area contributed by atoms with Crippen LogP contribution in [0.3, 0.4) is 0 Å². The molecule has 0 saturated carbocycles. The van der Waals surface area contributed by atoms with Gasteiger partial charge in [0.25, 0.3) is 11.8 Å². The topological polar surface area (TPSA) is 60.9 Å². The SMILES string of the molecule is CN1C(=O)C(=C/C=C2/Sc3ccccc3N2C)C(=O)N(C)C1=O. The Hall–Kier alpha value is -2.54. The number of amides is 4. The van der Waals surface area contributed by atoms with Gasteiger partial charge in [-0.3, -0.25) is 19.4 Å². The van der Waals surface area contributed by atoms with Gasteiger partial charge in [-0.25, -0.2) is 4.79 Å². The van der Waals surface area contributed by atoms with Gasteiger partial charge in [0.2, 0.25) is 0 Å². The summed E-state index contributed by atoms with van der Waals surface area (Å²) in [6.07, 6.45) is 3.21. The smallest absolute Gasteiger partial charge is 0.333 e. The van der Waals surface area contributed by atoms with Gasteiger partial charge in [0.15, 0.2) is 0 Å². The van der Waals surface area contributed by atoms with Crippen molar-refractivity contribution in [3.8, 4) is 0 Å². The molecule has 0 N–H and O–H groups in total. The highest BCUT2D eigenvalue weighted by Gasteiger charge is 2.37. The Morgan fingerprint density at radius 2 is 1.48 bits per heavy atom. The van der Waals surface area contributed by atoms with Crippen LogP contribution in [0.25, 0.3) is 0 Å². The maximum absolute atomic E-state index is 12.1. The number of carbonyl (C=O) groups is 3. The predicted molar refractivity (Wildman–Crippen MR) is 87.8 cm³/mol. The van der Waals surface area contributed by atoms with Crippen molar-refractivity contribution in [3.05, 3.63) is 47.0 Å². The zero-order valence-corrected chi connectivity index (χ0v) is 13.8. The number of allylic oxidation sites excluding steroid dienone is 2. The maximum atomic E-state index is 12.1. The van der Waals surface area contributed by atoms with E-state index < -0.39 is 17.8 Å². The fourth-order valence-electron chi connectivity index (χ4n) is 2.41. The second kappa shape index (κ2) is 5.58. The predicted octanol–water partition coefficient (Wildman–Crippen LogP) is 2.05. The van der Waals surface area contributed by atoms with E-state index in [1.807, 2.05) is 36.2 Å². The van der Waals surface area contributed by atoms with E-state index in [-0.39, 0.29) is 5.57 Å². The van der Waals surface area contributed by atoms with Gasteiger partial charge < -0.3 is 4.90 Å². The molecule has 118 valence electrons. The Bertz CT molecular complexity index is 759. The molecule has 0 radical (unpaired) electrons. The lowest BCUT2D eigenvalue weighted by Crippen LogP contribution is -2.53. The van der Waals surface area contributed by atoms with E-state index in [1.54, 1.807) is 17.8 Å². The summed E-state index contributed by atoms with van der Waals surface area (Å²) in [5, 5.41) is 0.904. The van der Waals surface area contributed by atoms with Crippen LogP contribution in [0.2, 0.25) is 0 Å². The molecule has 0 bridgehead atoms. The van der Waals surface area contributed by atoms with E-state index in [9.17, 15) is 14.4 Å². The third-order valence-corrected chi connectivity index (χ3v) is 4.99. The van der Waals surface area contributed by atoms with Gasteiger partial charge >= 0.3 is 6.03 Å². The average Bonchev–Trinajstić information content (AvgIpc) is 2.88. The first-order valence-corrected chi connectivity index (χ1v) is 7.76. The zero-order chi connectivity index (χ0) is 16.7. The number of hydrogen-bond acceptors (Lipinski definition) is 5. The molecular formula is C16H15N3O3S. The van der Waals surface area contributed by atoms with Gasteiger partial charge in [-0.15, -0.1) is 0 Å². The summed E-state index contributed by atoms with van der Waals surface area (Å²) in [4.78, 5) is 41.0. The average molecular weight is 329 g/mol. The molecule has 1 aromatic carbocycles.